The summed E-state index contributed by atoms with van der Waals surface area (Å²) in [7, 11) is 0. The molecule has 0 radical (unpaired) electrons. The molecule has 0 saturated carbocycles. The maximum atomic E-state index is 13.1. The van der Waals surface area contributed by atoms with Crippen molar-refractivity contribution < 1.29 is 14.0 Å². The molecule has 6 nitrogen and oxygen atoms in total. The van der Waals surface area contributed by atoms with E-state index in [1.54, 1.807) is 6.07 Å². The van der Waals surface area contributed by atoms with Crippen molar-refractivity contribution in [3.63, 3.8) is 0 Å². The third kappa shape index (κ3) is 4.85. The van der Waals surface area contributed by atoms with Gasteiger partial charge < -0.3 is 14.6 Å². The van der Waals surface area contributed by atoms with Crippen LogP contribution in [0.15, 0.2) is 52.9 Å². The molecule has 0 unspecified atom stereocenters. The Bertz CT molecular complexity index is 1070. The molecule has 6 heteroatoms. The van der Waals surface area contributed by atoms with Gasteiger partial charge in [0, 0.05) is 36.7 Å². The second-order valence-corrected chi connectivity index (χ2v) is 8.63. The number of rotatable bonds is 7. The third-order valence-corrected chi connectivity index (χ3v) is 6.43. The number of hydrogen-bond donors (Lipinski definition) is 1. The first kappa shape index (κ1) is 22.1. The SMILES string of the molecule is CCCCNC(=O)[C@H](C)C1CCN(C(=O)c2ccc3oc(-c4ccccc4)nc3c2)CC1. The predicted molar refractivity (Wildman–Crippen MR) is 125 cm³/mol. The van der Waals surface area contributed by atoms with Crippen LogP contribution in [0, 0.1) is 11.8 Å². The number of nitrogens with one attached hydrogen (secondary N) is 1. The summed E-state index contributed by atoms with van der Waals surface area (Å²) in [5.41, 5.74) is 2.88. The van der Waals surface area contributed by atoms with Crippen LogP contribution in [0.25, 0.3) is 22.6 Å². The van der Waals surface area contributed by atoms with Crippen LogP contribution in [-0.2, 0) is 4.79 Å². The number of aromatic nitrogens is 1. The first-order valence-corrected chi connectivity index (χ1v) is 11.6. The van der Waals surface area contributed by atoms with Crippen LogP contribution >= 0.6 is 0 Å². The van der Waals surface area contributed by atoms with Crippen molar-refractivity contribution in [2.75, 3.05) is 19.6 Å². The molecule has 4 rings (SSSR count). The van der Waals surface area contributed by atoms with Crippen LogP contribution in [0.3, 0.4) is 0 Å². The summed E-state index contributed by atoms with van der Waals surface area (Å²) in [5, 5.41) is 3.04. The van der Waals surface area contributed by atoms with Crippen molar-refractivity contribution in [2.45, 2.75) is 39.5 Å². The molecule has 0 aliphatic carbocycles. The van der Waals surface area contributed by atoms with Gasteiger partial charge in [-0.2, -0.15) is 0 Å². The van der Waals surface area contributed by atoms with Gasteiger partial charge in [0.1, 0.15) is 5.52 Å². The molecule has 1 fully saturated rings. The van der Waals surface area contributed by atoms with Crippen molar-refractivity contribution in [3.8, 4) is 11.5 Å². The fourth-order valence-corrected chi connectivity index (χ4v) is 4.31. The lowest BCUT2D eigenvalue weighted by Gasteiger charge is -2.34. The largest absolute Gasteiger partial charge is 0.436 e. The van der Waals surface area contributed by atoms with Gasteiger partial charge in [0.15, 0.2) is 5.58 Å². The molecule has 1 N–H and O–H groups in total. The number of likely N-dealkylation sites (tertiary alicyclic amines) is 1. The number of oxazole rings is 1. The molecule has 0 spiro atoms. The quantitative estimate of drug-likeness (QED) is 0.538. The molecular weight excluding hydrogens is 402 g/mol. The summed E-state index contributed by atoms with van der Waals surface area (Å²) >= 11 is 0. The number of carbonyl (C=O) groups excluding carboxylic acids is 2. The molecule has 1 atom stereocenters. The minimum atomic E-state index is -0.0213. The summed E-state index contributed by atoms with van der Waals surface area (Å²) in [4.78, 5) is 31.9. The smallest absolute Gasteiger partial charge is 0.253 e. The minimum absolute atomic E-state index is 0.00895. The first-order chi connectivity index (χ1) is 15.6. The third-order valence-electron chi connectivity index (χ3n) is 6.43. The van der Waals surface area contributed by atoms with E-state index in [-0.39, 0.29) is 17.7 Å². The number of benzene rings is 2. The number of unbranched alkanes of at least 4 members (excludes halogenated alkanes) is 1. The van der Waals surface area contributed by atoms with E-state index in [9.17, 15) is 9.59 Å². The van der Waals surface area contributed by atoms with Gasteiger partial charge in [0.2, 0.25) is 11.8 Å². The molecule has 2 amide bonds. The second kappa shape index (κ2) is 9.98. The number of piperidine rings is 1. The molecule has 2 heterocycles. The number of carbonyl (C=O) groups is 2. The van der Waals surface area contributed by atoms with Gasteiger partial charge in [-0.3, -0.25) is 9.59 Å². The normalized spacial score (nSPS) is 15.6. The van der Waals surface area contributed by atoms with E-state index in [2.05, 4.69) is 17.2 Å². The molecule has 1 aliphatic rings. The Kier molecular flexibility index (Phi) is 6.88. The van der Waals surface area contributed by atoms with E-state index in [4.69, 9.17) is 4.42 Å². The fraction of sp³-hybridized carbons (Fsp3) is 0.423. The van der Waals surface area contributed by atoms with Crippen molar-refractivity contribution in [2.24, 2.45) is 11.8 Å². The second-order valence-electron chi connectivity index (χ2n) is 8.63. The maximum absolute atomic E-state index is 13.1. The zero-order valence-corrected chi connectivity index (χ0v) is 18.8. The summed E-state index contributed by atoms with van der Waals surface area (Å²) in [5.74, 6) is 0.986. The van der Waals surface area contributed by atoms with Gasteiger partial charge in [-0.25, -0.2) is 4.98 Å². The number of amides is 2. The van der Waals surface area contributed by atoms with Gasteiger partial charge in [-0.15, -0.1) is 0 Å². The number of fused-ring (bicyclic) bond motifs is 1. The zero-order valence-electron chi connectivity index (χ0n) is 18.8. The molecule has 0 bridgehead atoms. The molecular formula is C26H31N3O3. The standard InChI is InChI=1S/C26H31N3O3/c1-3-4-14-27-24(30)18(2)19-12-15-29(16-13-19)26(31)21-10-11-23-22(17-21)28-25(32-23)20-8-6-5-7-9-20/h5-11,17-19H,3-4,12-16H2,1-2H3,(H,27,30)/t18-/m1/s1. The molecule has 3 aromatic rings. The van der Waals surface area contributed by atoms with Crippen molar-refractivity contribution in [1.82, 2.24) is 15.2 Å². The molecule has 32 heavy (non-hydrogen) atoms. The highest BCUT2D eigenvalue weighted by atomic mass is 16.3. The topological polar surface area (TPSA) is 75.4 Å². The summed E-state index contributed by atoms with van der Waals surface area (Å²) in [6.45, 7) is 6.20. The van der Waals surface area contributed by atoms with Crippen LogP contribution in [0.5, 0.6) is 0 Å². The van der Waals surface area contributed by atoms with Gasteiger partial charge in [-0.1, -0.05) is 38.5 Å². The summed E-state index contributed by atoms with van der Waals surface area (Å²) < 4.78 is 5.86. The molecule has 168 valence electrons. The Labute approximate surface area is 189 Å². The van der Waals surface area contributed by atoms with Crippen molar-refractivity contribution in [1.29, 1.82) is 0 Å². The average Bonchev–Trinajstić information content (AvgIpc) is 3.27. The fourth-order valence-electron chi connectivity index (χ4n) is 4.31. The van der Waals surface area contributed by atoms with Crippen LogP contribution in [0.4, 0.5) is 0 Å². The minimum Gasteiger partial charge on any atom is -0.436 e. The van der Waals surface area contributed by atoms with Gasteiger partial charge in [0.25, 0.3) is 5.91 Å². The highest BCUT2D eigenvalue weighted by molar-refractivity contribution is 5.97. The van der Waals surface area contributed by atoms with Crippen LogP contribution in [0.2, 0.25) is 0 Å². The van der Waals surface area contributed by atoms with E-state index < -0.39 is 0 Å². The van der Waals surface area contributed by atoms with E-state index in [0.717, 1.165) is 37.8 Å². The maximum Gasteiger partial charge on any atom is 0.253 e. The molecule has 1 saturated heterocycles. The monoisotopic (exact) mass is 433 g/mol. The lowest BCUT2D eigenvalue weighted by Crippen LogP contribution is -2.42. The highest BCUT2D eigenvalue weighted by Gasteiger charge is 2.30. The van der Waals surface area contributed by atoms with Crippen LogP contribution < -0.4 is 5.32 Å². The number of hydrogen-bond acceptors (Lipinski definition) is 4. The van der Waals surface area contributed by atoms with Crippen molar-refractivity contribution >= 4 is 22.9 Å². The van der Waals surface area contributed by atoms with Crippen LogP contribution in [-0.4, -0.2) is 41.3 Å². The molecule has 2 aromatic carbocycles. The Morgan fingerprint density at radius 2 is 1.91 bits per heavy atom. The Morgan fingerprint density at radius 1 is 1.16 bits per heavy atom. The van der Waals surface area contributed by atoms with E-state index in [0.29, 0.717) is 41.6 Å². The van der Waals surface area contributed by atoms with E-state index in [1.807, 2.05) is 54.3 Å². The van der Waals surface area contributed by atoms with Crippen molar-refractivity contribution in [3.05, 3.63) is 54.1 Å². The Hall–Kier alpha value is -3.15. The predicted octanol–water partition coefficient (Wildman–Crippen LogP) is 4.90. The summed E-state index contributed by atoms with van der Waals surface area (Å²) in [6.07, 6.45) is 3.77. The lowest BCUT2D eigenvalue weighted by atomic mass is 9.84. The van der Waals surface area contributed by atoms with Gasteiger partial charge in [0.05, 0.1) is 0 Å². The molecule has 1 aromatic heterocycles. The Balaban J connectivity index is 1.38. The van der Waals surface area contributed by atoms with Gasteiger partial charge in [-0.05, 0) is 55.5 Å². The Morgan fingerprint density at radius 3 is 2.62 bits per heavy atom. The highest BCUT2D eigenvalue weighted by Crippen LogP contribution is 2.28. The van der Waals surface area contributed by atoms with E-state index >= 15 is 0 Å². The zero-order chi connectivity index (χ0) is 22.5. The lowest BCUT2D eigenvalue weighted by molar-refractivity contribution is -0.126. The van der Waals surface area contributed by atoms with Gasteiger partial charge >= 0.3 is 0 Å². The van der Waals surface area contributed by atoms with E-state index in [1.165, 1.54) is 0 Å². The van der Waals surface area contributed by atoms with Crippen LogP contribution in [0.1, 0.15) is 49.9 Å². The number of nitrogens with zero attached hydrogens (tertiary/aromatic N) is 2. The first-order valence-electron chi connectivity index (χ1n) is 11.6. The summed E-state index contributed by atoms with van der Waals surface area (Å²) in [6, 6.07) is 15.2. The average molecular weight is 434 g/mol. The molecule has 1 aliphatic heterocycles.